The standard InChI is InChI=1S/C17H25NO4/c1-15(2)16(3)6-7-17(15,9-12(16)19)14(22)18-8-4-5-11(10-18)13(20)21/h11H,4-10H2,1-3H3,(H,20,21)/t11-,16-,17-/m0/s1. The van der Waals surface area contributed by atoms with Crippen molar-refractivity contribution < 1.29 is 19.5 Å². The molecular formula is C17H25NO4. The first kappa shape index (κ1) is 15.5. The molecule has 2 bridgehead atoms. The van der Waals surface area contributed by atoms with Gasteiger partial charge in [0.15, 0.2) is 0 Å². The maximum absolute atomic E-state index is 13.2. The number of ketones is 1. The smallest absolute Gasteiger partial charge is 0.308 e. The van der Waals surface area contributed by atoms with Crippen molar-refractivity contribution in [1.29, 1.82) is 0 Å². The van der Waals surface area contributed by atoms with Gasteiger partial charge in [-0.25, -0.2) is 0 Å². The zero-order valence-electron chi connectivity index (χ0n) is 13.6. The summed E-state index contributed by atoms with van der Waals surface area (Å²) in [6, 6.07) is 0. The molecule has 1 heterocycles. The molecule has 3 aliphatic rings. The number of carbonyl (C=O) groups is 3. The molecule has 1 saturated heterocycles. The number of Topliss-reactive ketones (excluding diaryl/α,β-unsaturated/α-hetero) is 1. The topological polar surface area (TPSA) is 74.7 Å². The number of hydrogen-bond acceptors (Lipinski definition) is 3. The van der Waals surface area contributed by atoms with Crippen molar-refractivity contribution in [3.05, 3.63) is 0 Å². The number of piperidine rings is 1. The van der Waals surface area contributed by atoms with Gasteiger partial charge in [0.2, 0.25) is 5.91 Å². The Kier molecular flexibility index (Phi) is 3.21. The Morgan fingerprint density at radius 3 is 2.41 bits per heavy atom. The fourth-order valence-electron chi connectivity index (χ4n) is 5.00. The number of aliphatic carboxylic acids is 1. The molecule has 0 spiro atoms. The lowest BCUT2D eigenvalue weighted by Crippen LogP contribution is -2.52. The number of amides is 1. The number of carboxylic acid groups (broad SMARTS) is 1. The number of fused-ring (bicyclic) bond motifs is 2. The number of nitrogens with zero attached hydrogens (tertiary/aromatic N) is 1. The molecule has 0 aromatic rings. The van der Waals surface area contributed by atoms with Crippen LogP contribution in [0, 0.1) is 22.2 Å². The number of hydrogen-bond donors (Lipinski definition) is 1. The number of carboxylic acids is 1. The summed E-state index contributed by atoms with van der Waals surface area (Å²) >= 11 is 0. The van der Waals surface area contributed by atoms with E-state index in [2.05, 4.69) is 0 Å². The van der Waals surface area contributed by atoms with Crippen molar-refractivity contribution in [2.45, 2.75) is 52.9 Å². The van der Waals surface area contributed by atoms with Gasteiger partial charge < -0.3 is 10.0 Å². The molecule has 1 N–H and O–H groups in total. The zero-order chi connectivity index (χ0) is 16.3. The Morgan fingerprint density at radius 2 is 1.91 bits per heavy atom. The molecule has 3 atom stereocenters. The van der Waals surface area contributed by atoms with Crippen LogP contribution in [0.3, 0.4) is 0 Å². The molecule has 2 aliphatic carbocycles. The third-order valence-electron chi connectivity index (χ3n) is 7.17. The maximum atomic E-state index is 13.2. The van der Waals surface area contributed by atoms with E-state index in [9.17, 15) is 19.5 Å². The quantitative estimate of drug-likeness (QED) is 0.847. The minimum Gasteiger partial charge on any atom is -0.481 e. The summed E-state index contributed by atoms with van der Waals surface area (Å²) in [5.41, 5.74) is -1.39. The van der Waals surface area contributed by atoms with Gasteiger partial charge in [-0.05, 0) is 31.1 Å². The molecular weight excluding hydrogens is 282 g/mol. The van der Waals surface area contributed by atoms with Crippen molar-refractivity contribution in [2.75, 3.05) is 13.1 Å². The highest BCUT2D eigenvalue weighted by atomic mass is 16.4. The third-order valence-corrected chi connectivity index (χ3v) is 7.17. The monoisotopic (exact) mass is 307 g/mol. The Labute approximate surface area is 131 Å². The molecule has 122 valence electrons. The molecule has 0 aromatic carbocycles. The second kappa shape index (κ2) is 4.56. The van der Waals surface area contributed by atoms with Crippen LogP contribution in [0.5, 0.6) is 0 Å². The Balaban J connectivity index is 1.89. The molecule has 3 rings (SSSR count). The molecule has 3 fully saturated rings. The fourth-order valence-corrected chi connectivity index (χ4v) is 5.00. The van der Waals surface area contributed by atoms with Crippen molar-refractivity contribution in [3.63, 3.8) is 0 Å². The first-order chi connectivity index (χ1) is 10.2. The van der Waals surface area contributed by atoms with Crippen LogP contribution in [-0.4, -0.2) is 40.8 Å². The normalized spacial score (nSPS) is 40.0. The predicted molar refractivity (Wildman–Crippen MR) is 80.1 cm³/mol. The minimum atomic E-state index is -0.826. The van der Waals surface area contributed by atoms with Crippen molar-refractivity contribution in [2.24, 2.45) is 22.2 Å². The summed E-state index contributed by atoms with van der Waals surface area (Å²) in [6.45, 7) is 6.98. The largest absolute Gasteiger partial charge is 0.481 e. The van der Waals surface area contributed by atoms with E-state index in [1.165, 1.54) is 0 Å². The summed E-state index contributed by atoms with van der Waals surface area (Å²) < 4.78 is 0. The molecule has 5 heteroatoms. The molecule has 0 aromatic heterocycles. The van der Waals surface area contributed by atoms with Crippen LogP contribution < -0.4 is 0 Å². The van der Waals surface area contributed by atoms with Gasteiger partial charge in [0.05, 0.1) is 11.3 Å². The van der Waals surface area contributed by atoms with E-state index in [0.29, 0.717) is 19.4 Å². The summed E-state index contributed by atoms with van der Waals surface area (Å²) in [4.78, 5) is 38.7. The van der Waals surface area contributed by atoms with Gasteiger partial charge in [-0.3, -0.25) is 14.4 Å². The summed E-state index contributed by atoms with van der Waals surface area (Å²) in [5.74, 6) is -1.09. The van der Waals surface area contributed by atoms with Gasteiger partial charge in [0, 0.05) is 24.9 Å². The highest BCUT2D eigenvalue weighted by Gasteiger charge is 2.73. The third kappa shape index (κ3) is 1.68. The van der Waals surface area contributed by atoms with E-state index in [1.54, 1.807) is 4.90 Å². The molecule has 0 unspecified atom stereocenters. The van der Waals surface area contributed by atoms with Crippen LogP contribution in [0.4, 0.5) is 0 Å². The lowest BCUT2D eigenvalue weighted by molar-refractivity contribution is -0.153. The molecule has 22 heavy (non-hydrogen) atoms. The Hall–Kier alpha value is -1.39. The summed E-state index contributed by atoms with van der Waals surface area (Å²) in [6.07, 6.45) is 3.19. The second-order valence-corrected chi connectivity index (χ2v) is 8.07. The number of likely N-dealkylation sites (tertiary alicyclic amines) is 1. The van der Waals surface area contributed by atoms with E-state index >= 15 is 0 Å². The highest BCUT2D eigenvalue weighted by molar-refractivity contribution is 5.99. The summed E-state index contributed by atoms with van der Waals surface area (Å²) in [7, 11) is 0. The summed E-state index contributed by atoms with van der Waals surface area (Å²) in [5, 5.41) is 9.23. The number of carbonyl (C=O) groups excluding carboxylic acids is 2. The van der Waals surface area contributed by atoms with E-state index in [1.807, 2.05) is 20.8 Å². The lowest BCUT2D eigenvalue weighted by atomic mass is 9.64. The van der Waals surface area contributed by atoms with Crippen LogP contribution in [0.25, 0.3) is 0 Å². The van der Waals surface area contributed by atoms with E-state index in [-0.39, 0.29) is 23.7 Å². The number of rotatable bonds is 2. The van der Waals surface area contributed by atoms with Gasteiger partial charge in [-0.15, -0.1) is 0 Å². The molecule has 0 radical (unpaired) electrons. The van der Waals surface area contributed by atoms with Gasteiger partial charge in [0.1, 0.15) is 5.78 Å². The highest BCUT2D eigenvalue weighted by Crippen LogP contribution is 2.71. The molecule has 1 aliphatic heterocycles. The van der Waals surface area contributed by atoms with Gasteiger partial charge >= 0.3 is 5.97 Å². The van der Waals surface area contributed by atoms with Crippen molar-refractivity contribution in [3.8, 4) is 0 Å². The van der Waals surface area contributed by atoms with E-state index in [0.717, 1.165) is 19.3 Å². The fraction of sp³-hybridized carbons (Fsp3) is 0.824. The van der Waals surface area contributed by atoms with Crippen LogP contribution in [0.2, 0.25) is 0 Å². The average Bonchev–Trinajstić information content (AvgIpc) is 2.77. The minimum absolute atomic E-state index is 0.0121. The van der Waals surface area contributed by atoms with Gasteiger partial charge in [-0.2, -0.15) is 0 Å². The molecule has 5 nitrogen and oxygen atoms in total. The van der Waals surface area contributed by atoms with Gasteiger partial charge in [-0.1, -0.05) is 20.8 Å². The first-order valence-electron chi connectivity index (χ1n) is 8.21. The first-order valence-corrected chi connectivity index (χ1v) is 8.21. The molecule has 2 saturated carbocycles. The Bertz CT molecular complexity index is 555. The lowest BCUT2D eigenvalue weighted by Gasteiger charge is -2.43. The van der Waals surface area contributed by atoms with E-state index in [4.69, 9.17) is 0 Å². The SMILES string of the molecule is CC1(C)[C@@]2(C(=O)N3CCC[C@H](C(=O)O)C3)CC[C@@]1(C)C(=O)C2. The second-order valence-electron chi connectivity index (χ2n) is 8.07. The zero-order valence-corrected chi connectivity index (χ0v) is 13.6. The maximum Gasteiger partial charge on any atom is 0.308 e. The van der Waals surface area contributed by atoms with Crippen molar-refractivity contribution in [1.82, 2.24) is 4.90 Å². The van der Waals surface area contributed by atoms with Crippen LogP contribution >= 0.6 is 0 Å². The van der Waals surface area contributed by atoms with Crippen LogP contribution in [0.15, 0.2) is 0 Å². The van der Waals surface area contributed by atoms with Crippen LogP contribution in [-0.2, 0) is 14.4 Å². The molecule has 1 amide bonds. The van der Waals surface area contributed by atoms with E-state index < -0.39 is 22.7 Å². The van der Waals surface area contributed by atoms with Gasteiger partial charge in [0.25, 0.3) is 0 Å². The predicted octanol–water partition coefficient (Wildman–Crippen LogP) is 2.10. The Morgan fingerprint density at radius 1 is 1.23 bits per heavy atom. The van der Waals surface area contributed by atoms with Crippen molar-refractivity contribution >= 4 is 17.7 Å². The van der Waals surface area contributed by atoms with Crippen LogP contribution in [0.1, 0.15) is 52.9 Å². The average molecular weight is 307 g/mol.